The third kappa shape index (κ3) is 1.72. The highest BCUT2D eigenvalue weighted by atomic mass is 16.1. The normalized spacial score (nSPS) is 15.4. The lowest BCUT2D eigenvalue weighted by molar-refractivity contribution is 0.598. The summed E-state index contributed by atoms with van der Waals surface area (Å²) in [6.45, 7) is 0.659. The van der Waals surface area contributed by atoms with Crippen LogP contribution in [0.2, 0.25) is 0 Å². The van der Waals surface area contributed by atoms with E-state index in [4.69, 9.17) is 5.26 Å². The first-order valence-corrected chi connectivity index (χ1v) is 4.97. The fourth-order valence-electron chi connectivity index (χ4n) is 1.56. The minimum Gasteiger partial charge on any atom is -0.299 e. The van der Waals surface area contributed by atoms with Crippen molar-refractivity contribution in [3.05, 3.63) is 22.9 Å². The number of nitriles is 1. The molecule has 14 heavy (non-hydrogen) atoms. The predicted molar refractivity (Wildman–Crippen MR) is 51.8 cm³/mol. The summed E-state index contributed by atoms with van der Waals surface area (Å²) in [5.74, 6) is 0. The number of rotatable bonds is 4. The standard InChI is InChI=1S/C10H13N3O/c11-5-1-2-6-12-7-8-13(10(12)14)9-3-4-9/h7-9H,1-4,6H2. The minimum atomic E-state index is 0.0745. The van der Waals surface area contributed by atoms with Crippen LogP contribution >= 0.6 is 0 Å². The monoisotopic (exact) mass is 191 g/mol. The first-order valence-electron chi connectivity index (χ1n) is 4.97. The zero-order valence-corrected chi connectivity index (χ0v) is 8.02. The zero-order valence-electron chi connectivity index (χ0n) is 8.02. The van der Waals surface area contributed by atoms with E-state index in [2.05, 4.69) is 6.07 Å². The fourth-order valence-corrected chi connectivity index (χ4v) is 1.56. The van der Waals surface area contributed by atoms with Crippen LogP contribution < -0.4 is 5.69 Å². The Labute approximate surface area is 82.4 Å². The van der Waals surface area contributed by atoms with E-state index < -0.39 is 0 Å². The molecule has 1 aliphatic carbocycles. The number of aromatic nitrogens is 2. The van der Waals surface area contributed by atoms with Crippen LogP contribution in [0.4, 0.5) is 0 Å². The molecule has 1 saturated carbocycles. The SMILES string of the molecule is N#CCCCn1ccn(C2CC2)c1=O. The van der Waals surface area contributed by atoms with Gasteiger partial charge >= 0.3 is 5.69 Å². The molecule has 0 aliphatic heterocycles. The summed E-state index contributed by atoms with van der Waals surface area (Å²) in [6, 6.07) is 2.52. The van der Waals surface area contributed by atoms with Crippen LogP contribution in [-0.4, -0.2) is 9.13 Å². The van der Waals surface area contributed by atoms with Gasteiger partial charge in [-0.1, -0.05) is 0 Å². The van der Waals surface area contributed by atoms with Crippen molar-refractivity contribution in [2.24, 2.45) is 0 Å². The van der Waals surface area contributed by atoms with E-state index in [1.807, 2.05) is 12.4 Å². The fraction of sp³-hybridized carbons (Fsp3) is 0.600. The van der Waals surface area contributed by atoms with Gasteiger partial charge in [-0.05, 0) is 19.3 Å². The molecule has 0 atom stereocenters. The summed E-state index contributed by atoms with van der Waals surface area (Å²) in [7, 11) is 0. The van der Waals surface area contributed by atoms with E-state index in [0.717, 1.165) is 19.3 Å². The van der Waals surface area contributed by atoms with Crippen molar-refractivity contribution >= 4 is 0 Å². The first-order chi connectivity index (χ1) is 6.83. The summed E-state index contributed by atoms with van der Waals surface area (Å²) >= 11 is 0. The van der Waals surface area contributed by atoms with Crippen LogP contribution in [0.5, 0.6) is 0 Å². The second kappa shape index (κ2) is 3.70. The molecule has 1 aromatic heterocycles. The first kappa shape index (κ1) is 9.07. The summed E-state index contributed by atoms with van der Waals surface area (Å²) in [6.07, 6.45) is 7.20. The molecule has 0 saturated heterocycles. The van der Waals surface area contributed by atoms with Gasteiger partial charge in [-0.25, -0.2) is 4.79 Å². The third-order valence-electron chi connectivity index (χ3n) is 2.50. The highest BCUT2D eigenvalue weighted by Gasteiger charge is 2.25. The van der Waals surface area contributed by atoms with Gasteiger partial charge < -0.3 is 0 Å². The quantitative estimate of drug-likeness (QED) is 0.673. The Bertz CT molecular complexity index is 406. The number of unbranched alkanes of at least 4 members (excludes halogenated alkanes) is 1. The third-order valence-corrected chi connectivity index (χ3v) is 2.50. The molecule has 1 fully saturated rings. The molecular weight excluding hydrogens is 178 g/mol. The van der Waals surface area contributed by atoms with Gasteiger partial charge in [0.1, 0.15) is 0 Å². The predicted octanol–water partition coefficient (Wildman–Crippen LogP) is 1.29. The van der Waals surface area contributed by atoms with Crippen molar-refractivity contribution in [2.45, 2.75) is 38.3 Å². The maximum absolute atomic E-state index is 11.7. The molecule has 0 radical (unpaired) electrons. The topological polar surface area (TPSA) is 50.7 Å². The molecule has 4 nitrogen and oxygen atoms in total. The van der Waals surface area contributed by atoms with E-state index in [9.17, 15) is 4.79 Å². The van der Waals surface area contributed by atoms with Crippen molar-refractivity contribution in [3.63, 3.8) is 0 Å². The number of hydrogen-bond donors (Lipinski definition) is 0. The summed E-state index contributed by atoms with van der Waals surface area (Å²) in [5, 5.41) is 8.37. The number of hydrogen-bond acceptors (Lipinski definition) is 2. The number of imidazole rings is 1. The summed E-state index contributed by atoms with van der Waals surface area (Å²) in [5.41, 5.74) is 0.0745. The van der Waals surface area contributed by atoms with Gasteiger partial charge in [0.25, 0.3) is 0 Å². The van der Waals surface area contributed by atoms with Crippen LogP contribution in [0, 0.1) is 11.3 Å². The van der Waals surface area contributed by atoms with Gasteiger partial charge in [0.15, 0.2) is 0 Å². The number of aryl methyl sites for hydroxylation is 1. The van der Waals surface area contributed by atoms with Crippen LogP contribution in [0.1, 0.15) is 31.7 Å². The maximum atomic E-state index is 11.7. The Balaban J connectivity index is 2.04. The molecule has 1 aliphatic rings. The lowest BCUT2D eigenvalue weighted by Gasteiger charge is -1.98. The molecular formula is C10H13N3O. The Kier molecular flexibility index (Phi) is 2.40. The van der Waals surface area contributed by atoms with Crippen LogP contribution in [0.25, 0.3) is 0 Å². The van der Waals surface area contributed by atoms with E-state index >= 15 is 0 Å². The molecule has 0 N–H and O–H groups in total. The molecule has 1 heterocycles. The molecule has 2 rings (SSSR count). The van der Waals surface area contributed by atoms with Crippen molar-refractivity contribution in [3.8, 4) is 6.07 Å². The van der Waals surface area contributed by atoms with E-state index in [1.54, 1.807) is 9.13 Å². The van der Waals surface area contributed by atoms with Crippen molar-refractivity contribution in [1.29, 1.82) is 5.26 Å². The van der Waals surface area contributed by atoms with Gasteiger partial charge in [0.05, 0.1) is 6.07 Å². The molecule has 0 bridgehead atoms. The van der Waals surface area contributed by atoms with Crippen molar-refractivity contribution in [2.75, 3.05) is 0 Å². The summed E-state index contributed by atoms with van der Waals surface area (Å²) < 4.78 is 3.49. The Morgan fingerprint density at radius 3 is 2.93 bits per heavy atom. The van der Waals surface area contributed by atoms with Gasteiger partial charge in [-0.3, -0.25) is 9.13 Å². The zero-order chi connectivity index (χ0) is 9.97. The van der Waals surface area contributed by atoms with Crippen LogP contribution in [-0.2, 0) is 6.54 Å². The molecule has 0 spiro atoms. The molecule has 0 amide bonds. The molecule has 4 heteroatoms. The average molecular weight is 191 g/mol. The minimum absolute atomic E-state index is 0.0745. The Morgan fingerprint density at radius 1 is 1.50 bits per heavy atom. The van der Waals surface area contributed by atoms with Crippen LogP contribution in [0.15, 0.2) is 17.2 Å². The molecule has 0 unspecified atom stereocenters. The highest BCUT2D eigenvalue weighted by molar-refractivity contribution is 4.91. The summed E-state index contributed by atoms with van der Waals surface area (Å²) in [4.78, 5) is 11.7. The van der Waals surface area contributed by atoms with Crippen molar-refractivity contribution in [1.82, 2.24) is 9.13 Å². The molecule has 1 aromatic rings. The molecule has 74 valence electrons. The van der Waals surface area contributed by atoms with Crippen molar-refractivity contribution < 1.29 is 0 Å². The van der Waals surface area contributed by atoms with E-state index in [0.29, 0.717) is 19.0 Å². The van der Waals surface area contributed by atoms with E-state index in [-0.39, 0.29) is 5.69 Å². The van der Waals surface area contributed by atoms with E-state index in [1.165, 1.54) is 0 Å². The van der Waals surface area contributed by atoms with Crippen LogP contribution in [0.3, 0.4) is 0 Å². The van der Waals surface area contributed by atoms with Gasteiger partial charge in [0, 0.05) is 31.4 Å². The average Bonchev–Trinajstić information content (AvgIpc) is 2.95. The lowest BCUT2D eigenvalue weighted by atomic mass is 10.3. The second-order valence-electron chi connectivity index (χ2n) is 3.67. The lowest BCUT2D eigenvalue weighted by Crippen LogP contribution is -2.23. The smallest absolute Gasteiger partial charge is 0.299 e. The Hall–Kier alpha value is -1.50. The molecule has 0 aromatic carbocycles. The van der Waals surface area contributed by atoms with Gasteiger partial charge in [-0.2, -0.15) is 5.26 Å². The Morgan fingerprint density at radius 2 is 2.29 bits per heavy atom. The van der Waals surface area contributed by atoms with Gasteiger partial charge in [0.2, 0.25) is 0 Å². The highest BCUT2D eigenvalue weighted by Crippen LogP contribution is 2.33. The second-order valence-corrected chi connectivity index (χ2v) is 3.67. The number of nitrogens with zero attached hydrogens (tertiary/aromatic N) is 3. The maximum Gasteiger partial charge on any atom is 0.328 e. The van der Waals surface area contributed by atoms with Gasteiger partial charge in [-0.15, -0.1) is 0 Å². The largest absolute Gasteiger partial charge is 0.328 e.